The molecule has 19 heavy (non-hydrogen) atoms. The van der Waals surface area contributed by atoms with E-state index in [-0.39, 0.29) is 0 Å². The molecule has 1 N–H and O–H groups in total. The van der Waals surface area contributed by atoms with Crippen molar-refractivity contribution in [3.63, 3.8) is 0 Å². The number of aryl methyl sites for hydroxylation is 1. The Labute approximate surface area is 118 Å². The average Bonchev–Trinajstić information content (AvgIpc) is 2.90. The van der Waals surface area contributed by atoms with Crippen LogP contribution >= 0.6 is 11.3 Å². The largest absolute Gasteiger partial charge is 0.309 e. The molecule has 3 rings (SSSR count). The topological polar surface area (TPSA) is 37.8 Å². The van der Waals surface area contributed by atoms with Crippen molar-refractivity contribution in [2.24, 2.45) is 0 Å². The lowest BCUT2D eigenvalue weighted by atomic mass is 9.98. The van der Waals surface area contributed by atoms with Gasteiger partial charge in [-0.2, -0.15) is 0 Å². The first kappa shape index (κ1) is 12.8. The van der Waals surface area contributed by atoms with Crippen molar-refractivity contribution in [1.82, 2.24) is 15.3 Å². The molecule has 0 spiro atoms. The number of fused-ring (bicyclic) bond motifs is 1. The number of aromatic nitrogens is 2. The number of thiazole rings is 1. The Bertz CT molecular complexity index is 536. The lowest BCUT2D eigenvalue weighted by Crippen LogP contribution is -2.24. The van der Waals surface area contributed by atoms with Crippen LogP contribution < -0.4 is 5.32 Å². The molecule has 100 valence electrons. The van der Waals surface area contributed by atoms with Crippen LogP contribution in [-0.2, 0) is 6.42 Å². The van der Waals surface area contributed by atoms with E-state index in [1.54, 1.807) is 0 Å². The smallest absolute Gasteiger partial charge is 0.124 e. The fourth-order valence-corrected chi connectivity index (χ4v) is 3.78. The summed E-state index contributed by atoms with van der Waals surface area (Å²) in [5.41, 5.74) is 2.49. The molecule has 2 aromatic heterocycles. The van der Waals surface area contributed by atoms with Gasteiger partial charge in [-0.05, 0) is 44.4 Å². The van der Waals surface area contributed by atoms with E-state index in [1.165, 1.54) is 35.4 Å². The molecule has 1 unspecified atom stereocenters. The summed E-state index contributed by atoms with van der Waals surface area (Å²) in [6.45, 7) is 3.30. The summed E-state index contributed by atoms with van der Waals surface area (Å²) in [6, 6.07) is 4.59. The highest BCUT2D eigenvalue weighted by atomic mass is 32.1. The van der Waals surface area contributed by atoms with Crippen molar-refractivity contribution in [1.29, 1.82) is 0 Å². The maximum atomic E-state index is 4.83. The zero-order valence-corrected chi connectivity index (χ0v) is 12.0. The van der Waals surface area contributed by atoms with Crippen molar-refractivity contribution < 1.29 is 0 Å². The molecule has 4 heteroatoms. The molecule has 0 fully saturated rings. The molecule has 0 aliphatic heterocycles. The fourth-order valence-electron chi connectivity index (χ4n) is 2.55. The van der Waals surface area contributed by atoms with E-state index in [2.05, 4.69) is 17.2 Å². The molecular formula is C15H19N3S. The van der Waals surface area contributed by atoms with Gasteiger partial charge in [-0.1, -0.05) is 6.92 Å². The summed E-state index contributed by atoms with van der Waals surface area (Å²) >= 11 is 1.85. The minimum atomic E-state index is 0.511. The molecule has 1 atom stereocenters. The van der Waals surface area contributed by atoms with Gasteiger partial charge in [0.2, 0.25) is 0 Å². The second-order valence-corrected chi connectivity index (χ2v) is 6.00. The maximum Gasteiger partial charge on any atom is 0.124 e. The third-order valence-electron chi connectivity index (χ3n) is 3.52. The second kappa shape index (κ2) is 5.80. The Balaban J connectivity index is 1.89. The van der Waals surface area contributed by atoms with Crippen LogP contribution in [0.3, 0.4) is 0 Å². The van der Waals surface area contributed by atoms with Crippen LogP contribution in [0, 0.1) is 0 Å². The third kappa shape index (κ3) is 2.69. The minimum absolute atomic E-state index is 0.511. The van der Waals surface area contributed by atoms with Crippen LogP contribution in [0.4, 0.5) is 0 Å². The number of rotatable bonds is 4. The summed E-state index contributed by atoms with van der Waals surface area (Å²) in [4.78, 5) is 10.4. The van der Waals surface area contributed by atoms with Crippen LogP contribution in [0.1, 0.15) is 42.8 Å². The van der Waals surface area contributed by atoms with Gasteiger partial charge in [0, 0.05) is 28.9 Å². The minimum Gasteiger partial charge on any atom is -0.309 e. The summed E-state index contributed by atoms with van der Waals surface area (Å²) in [5.74, 6) is 0. The van der Waals surface area contributed by atoms with E-state index in [0.717, 1.165) is 18.0 Å². The number of hydrogen-bond acceptors (Lipinski definition) is 4. The number of nitrogens with zero attached hydrogens (tertiary/aromatic N) is 2. The first-order valence-corrected chi connectivity index (χ1v) is 7.83. The lowest BCUT2D eigenvalue weighted by Gasteiger charge is -2.22. The third-order valence-corrected chi connectivity index (χ3v) is 4.78. The Morgan fingerprint density at radius 2 is 2.21 bits per heavy atom. The van der Waals surface area contributed by atoms with Gasteiger partial charge in [-0.15, -0.1) is 11.3 Å². The number of hydrogen-bond donors (Lipinski definition) is 1. The summed E-state index contributed by atoms with van der Waals surface area (Å²) in [6.07, 6.45) is 8.47. The predicted molar refractivity (Wildman–Crippen MR) is 79.3 cm³/mol. The lowest BCUT2D eigenvalue weighted by molar-refractivity contribution is 0.465. The van der Waals surface area contributed by atoms with Crippen molar-refractivity contribution >= 4 is 11.3 Å². The van der Waals surface area contributed by atoms with Gasteiger partial charge in [-0.25, -0.2) is 4.98 Å². The van der Waals surface area contributed by atoms with Gasteiger partial charge in [0.05, 0.1) is 5.69 Å². The van der Waals surface area contributed by atoms with E-state index >= 15 is 0 Å². The quantitative estimate of drug-likeness (QED) is 0.925. The first-order valence-electron chi connectivity index (χ1n) is 7.02. The van der Waals surface area contributed by atoms with Gasteiger partial charge in [-0.3, -0.25) is 4.98 Å². The van der Waals surface area contributed by atoms with Crippen LogP contribution in [0.5, 0.6) is 0 Å². The Morgan fingerprint density at radius 3 is 3.00 bits per heavy atom. The molecule has 0 saturated carbocycles. The summed E-state index contributed by atoms with van der Waals surface area (Å²) in [5, 5.41) is 4.79. The SMILES string of the molecule is CCCNC1CCCc2nc(-c3ccncc3)sc21. The molecule has 1 aliphatic rings. The van der Waals surface area contributed by atoms with Crippen LogP contribution in [0.25, 0.3) is 10.6 Å². The number of pyridine rings is 1. The van der Waals surface area contributed by atoms with Gasteiger partial charge in [0.25, 0.3) is 0 Å². The molecule has 0 aromatic carbocycles. The van der Waals surface area contributed by atoms with E-state index < -0.39 is 0 Å². The second-order valence-electron chi connectivity index (χ2n) is 4.96. The molecule has 0 radical (unpaired) electrons. The van der Waals surface area contributed by atoms with Crippen molar-refractivity contribution in [3.05, 3.63) is 35.1 Å². The van der Waals surface area contributed by atoms with Gasteiger partial charge in [0.15, 0.2) is 0 Å². The van der Waals surface area contributed by atoms with Gasteiger partial charge >= 0.3 is 0 Å². The van der Waals surface area contributed by atoms with Crippen LogP contribution in [0.2, 0.25) is 0 Å². The van der Waals surface area contributed by atoms with E-state index in [4.69, 9.17) is 4.98 Å². The standard InChI is InChI=1S/C15H19N3S/c1-2-8-17-12-4-3-5-13-14(12)19-15(18-13)11-6-9-16-10-7-11/h6-7,9-10,12,17H,2-5,8H2,1H3. The Morgan fingerprint density at radius 1 is 1.37 bits per heavy atom. The van der Waals surface area contributed by atoms with E-state index in [9.17, 15) is 0 Å². The highest BCUT2D eigenvalue weighted by Gasteiger charge is 2.24. The Kier molecular flexibility index (Phi) is 3.89. The normalized spacial score (nSPS) is 18.3. The molecule has 0 bridgehead atoms. The zero-order chi connectivity index (χ0) is 13.1. The van der Waals surface area contributed by atoms with Crippen molar-refractivity contribution in [2.45, 2.75) is 38.6 Å². The maximum absolute atomic E-state index is 4.83. The van der Waals surface area contributed by atoms with Crippen molar-refractivity contribution in [2.75, 3.05) is 6.54 Å². The summed E-state index contributed by atoms with van der Waals surface area (Å²) in [7, 11) is 0. The molecule has 1 aliphatic carbocycles. The molecule has 2 aromatic rings. The van der Waals surface area contributed by atoms with Crippen molar-refractivity contribution in [3.8, 4) is 10.6 Å². The number of nitrogens with one attached hydrogen (secondary N) is 1. The first-order chi connectivity index (χ1) is 9.38. The predicted octanol–water partition coefficient (Wildman–Crippen LogP) is 3.58. The van der Waals surface area contributed by atoms with E-state index in [1.807, 2.05) is 35.9 Å². The fraction of sp³-hybridized carbons (Fsp3) is 0.467. The highest BCUT2D eigenvalue weighted by Crippen LogP contribution is 2.37. The molecule has 3 nitrogen and oxygen atoms in total. The monoisotopic (exact) mass is 273 g/mol. The van der Waals surface area contributed by atoms with Gasteiger partial charge < -0.3 is 5.32 Å². The van der Waals surface area contributed by atoms with E-state index in [0.29, 0.717) is 6.04 Å². The Hall–Kier alpha value is -1.26. The van der Waals surface area contributed by atoms with Gasteiger partial charge in [0.1, 0.15) is 5.01 Å². The van der Waals surface area contributed by atoms with Crippen LogP contribution in [-0.4, -0.2) is 16.5 Å². The van der Waals surface area contributed by atoms with Crippen LogP contribution in [0.15, 0.2) is 24.5 Å². The average molecular weight is 273 g/mol. The zero-order valence-electron chi connectivity index (χ0n) is 11.2. The molecule has 2 heterocycles. The highest BCUT2D eigenvalue weighted by molar-refractivity contribution is 7.15. The summed E-state index contributed by atoms with van der Waals surface area (Å²) < 4.78 is 0. The molecular weight excluding hydrogens is 254 g/mol. The molecule has 0 amide bonds. The molecule has 0 saturated heterocycles.